The highest BCUT2D eigenvalue weighted by Gasteiger charge is 2.06. The topological polar surface area (TPSA) is 63.2 Å². The molecule has 0 fully saturated rings. The van der Waals surface area contributed by atoms with E-state index >= 15 is 0 Å². The van der Waals surface area contributed by atoms with Crippen molar-refractivity contribution < 1.29 is 13.2 Å². The summed E-state index contributed by atoms with van der Waals surface area (Å²) in [6, 6.07) is 7.64. The van der Waals surface area contributed by atoms with Gasteiger partial charge in [-0.1, -0.05) is 19.1 Å². The van der Waals surface area contributed by atoms with Crippen molar-refractivity contribution in [2.75, 3.05) is 17.3 Å². The summed E-state index contributed by atoms with van der Waals surface area (Å²) in [4.78, 5) is 11.5. The second-order valence-electron chi connectivity index (χ2n) is 4.33. The largest absolute Gasteiger partial charge is 0.326 e. The Balaban J connectivity index is 2.39. The summed E-state index contributed by atoms with van der Waals surface area (Å²) in [5, 5.41) is 2.75. The molecule has 1 aromatic carbocycles. The number of carbonyl (C=O) groups excluding carboxylic acids is 1. The average molecular weight is 269 g/mol. The summed E-state index contributed by atoms with van der Waals surface area (Å²) >= 11 is 0. The molecule has 0 aliphatic rings. The van der Waals surface area contributed by atoms with Crippen molar-refractivity contribution in [1.82, 2.24) is 0 Å². The molecule has 1 aromatic rings. The number of sulfone groups is 1. The highest BCUT2D eigenvalue weighted by atomic mass is 32.2. The minimum Gasteiger partial charge on any atom is -0.326 e. The number of amides is 1. The zero-order valence-corrected chi connectivity index (χ0v) is 11.6. The predicted octanol–water partition coefficient (Wildman–Crippen LogP) is 2.01. The second kappa shape index (κ2) is 6.54. The lowest BCUT2D eigenvalue weighted by molar-refractivity contribution is -0.116. The molecule has 5 heteroatoms. The number of anilines is 1. The van der Waals surface area contributed by atoms with E-state index in [2.05, 4.69) is 12.2 Å². The standard InChI is InChI=1S/C13H19NO3S/c1-3-11-6-8-12(9-7-11)14-13(15)5-4-10-18(2,16)17/h6-9H,3-5,10H2,1-2H3,(H,14,15). The Morgan fingerprint density at radius 3 is 2.33 bits per heavy atom. The van der Waals surface area contributed by atoms with Crippen molar-refractivity contribution in [2.45, 2.75) is 26.2 Å². The number of carbonyl (C=O) groups is 1. The zero-order valence-electron chi connectivity index (χ0n) is 10.8. The Bertz CT molecular complexity index is 491. The molecule has 0 aromatic heterocycles. The van der Waals surface area contributed by atoms with Crippen LogP contribution >= 0.6 is 0 Å². The van der Waals surface area contributed by atoms with Gasteiger partial charge in [-0.15, -0.1) is 0 Å². The van der Waals surface area contributed by atoms with Gasteiger partial charge in [0.2, 0.25) is 5.91 Å². The van der Waals surface area contributed by atoms with Crippen molar-refractivity contribution in [3.05, 3.63) is 29.8 Å². The summed E-state index contributed by atoms with van der Waals surface area (Å²) in [7, 11) is -2.98. The van der Waals surface area contributed by atoms with E-state index in [-0.39, 0.29) is 18.1 Å². The number of hydrogen-bond acceptors (Lipinski definition) is 3. The van der Waals surface area contributed by atoms with E-state index in [9.17, 15) is 13.2 Å². The van der Waals surface area contributed by atoms with Crippen LogP contribution in [0.25, 0.3) is 0 Å². The first kappa shape index (κ1) is 14.7. The molecule has 0 aliphatic heterocycles. The molecule has 0 spiro atoms. The SMILES string of the molecule is CCc1ccc(NC(=O)CCCS(C)(=O)=O)cc1. The van der Waals surface area contributed by atoms with Gasteiger partial charge in [0, 0.05) is 18.4 Å². The highest BCUT2D eigenvalue weighted by molar-refractivity contribution is 7.90. The lowest BCUT2D eigenvalue weighted by Crippen LogP contribution is -2.13. The Hall–Kier alpha value is -1.36. The van der Waals surface area contributed by atoms with Gasteiger partial charge in [-0.3, -0.25) is 4.79 Å². The Kier molecular flexibility index (Phi) is 5.34. The fourth-order valence-corrected chi connectivity index (χ4v) is 2.21. The Morgan fingerprint density at radius 1 is 1.22 bits per heavy atom. The van der Waals surface area contributed by atoms with Crippen molar-refractivity contribution in [1.29, 1.82) is 0 Å². The van der Waals surface area contributed by atoms with Crippen LogP contribution in [0, 0.1) is 0 Å². The minimum atomic E-state index is -2.98. The monoisotopic (exact) mass is 269 g/mol. The molecule has 1 rings (SSSR count). The van der Waals surface area contributed by atoms with Gasteiger partial charge >= 0.3 is 0 Å². The van der Waals surface area contributed by atoms with Crippen LogP contribution in [0.5, 0.6) is 0 Å². The van der Waals surface area contributed by atoms with Crippen LogP contribution < -0.4 is 5.32 Å². The van der Waals surface area contributed by atoms with E-state index in [1.54, 1.807) is 0 Å². The molecular weight excluding hydrogens is 250 g/mol. The predicted molar refractivity (Wildman–Crippen MR) is 73.4 cm³/mol. The third kappa shape index (κ3) is 5.82. The van der Waals surface area contributed by atoms with Crippen LogP contribution in [0.2, 0.25) is 0 Å². The Morgan fingerprint density at radius 2 is 1.83 bits per heavy atom. The molecule has 0 saturated heterocycles. The maximum Gasteiger partial charge on any atom is 0.224 e. The van der Waals surface area contributed by atoms with Crippen LogP contribution in [0.4, 0.5) is 5.69 Å². The first-order chi connectivity index (χ1) is 8.40. The van der Waals surface area contributed by atoms with Crippen molar-refractivity contribution >= 4 is 21.4 Å². The van der Waals surface area contributed by atoms with Crippen LogP contribution in [0.15, 0.2) is 24.3 Å². The molecule has 1 amide bonds. The van der Waals surface area contributed by atoms with E-state index in [0.29, 0.717) is 6.42 Å². The molecule has 0 unspecified atom stereocenters. The van der Waals surface area contributed by atoms with E-state index in [1.807, 2.05) is 24.3 Å². The van der Waals surface area contributed by atoms with Crippen LogP contribution in [-0.4, -0.2) is 26.3 Å². The summed E-state index contributed by atoms with van der Waals surface area (Å²) in [6.45, 7) is 2.07. The molecule has 0 bridgehead atoms. The molecular formula is C13H19NO3S. The summed E-state index contributed by atoms with van der Waals surface area (Å²) in [5.41, 5.74) is 1.96. The molecule has 0 atom stereocenters. The zero-order chi connectivity index (χ0) is 13.6. The molecule has 0 aliphatic carbocycles. The number of hydrogen-bond donors (Lipinski definition) is 1. The van der Waals surface area contributed by atoms with Gasteiger partial charge < -0.3 is 5.32 Å². The second-order valence-corrected chi connectivity index (χ2v) is 6.59. The Labute approximate surface area is 108 Å². The van der Waals surface area contributed by atoms with Gasteiger partial charge in [0.25, 0.3) is 0 Å². The van der Waals surface area contributed by atoms with Gasteiger partial charge in [-0.2, -0.15) is 0 Å². The number of aryl methyl sites for hydroxylation is 1. The fraction of sp³-hybridized carbons (Fsp3) is 0.462. The van der Waals surface area contributed by atoms with Crippen molar-refractivity contribution in [3.8, 4) is 0 Å². The van der Waals surface area contributed by atoms with Gasteiger partial charge in [0.05, 0.1) is 5.75 Å². The van der Waals surface area contributed by atoms with Crippen LogP contribution in [0.3, 0.4) is 0 Å². The fourth-order valence-electron chi connectivity index (χ4n) is 1.54. The molecule has 0 saturated carbocycles. The molecule has 0 radical (unpaired) electrons. The third-order valence-electron chi connectivity index (χ3n) is 2.56. The number of rotatable bonds is 6. The molecule has 100 valence electrons. The minimum absolute atomic E-state index is 0.0508. The maximum atomic E-state index is 11.5. The van der Waals surface area contributed by atoms with Gasteiger partial charge in [0.15, 0.2) is 0 Å². The normalized spacial score (nSPS) is 11.2. The van der Waals surface area contributed by atoms with Crippen LogP contribution in [-0.2, 0) is 21.1 Å². The lowest BCUT2D eigenvalue weighted by Gasteiger charge is -2.05. The van der Waals surface area contributed by atoms with E-state index in [0.717, 1.165) is 12.1 Å². The summed E-state index contributed by atoms with van der Waals surface area (Å²) in [6.07, 6.45) is 2.72. The third-order valence-corrected chi connectivity index (χ3v) is 3.60. The van der Waals surface area contributed by atoms with Crippen molar-refractivity contribution in [3.63, 3.8) is 0 Å². The van der Waals surface area contributed by atoms with Crippen LogP contribution in [0.1, 0.15) is 25.3 Å². The van der Waals surface area contributed by atoms with E-state index < -0.39 is 9.84 Å². The molecule has 4 nitrogen and oxygen atoms in total. The van der Waals surface area contributed by atoms with Gasteiger partial charge in [-0.05, 0) is 30.5 Å². The number of nitrogens with one attached hydrogen (secondary N) is 1. The van der Waals surface area contributed by atoms with E-state index in [1.165, 1.54) is 11.8 Å². The summed E-state index contributed by atoms with van der Waals surface area (Å²) in [5.74, 6) is -0.0993. The maximum absolute atomic E-state index is 11.5. The summed E-state index contributed by atoms with van der Waals surface area (Å²) < 4.78 is 21.8. The first-order valence-electron chi connectivity index (χ1n) is 5.97. The molecule has 0 heterocycles. The van der Waals surface area contributed by atoms with Gasteiger partial charge in [-0.25, -0.2) is 8.42 Å². The van der Waals surface area contributed by atoms with E-state index in [4.69, 9.17) is 0 Å². The van der Waals surface area contributed by atoms with Crippen molar-refractivity contribution in [2.24, 2.45) is 0 Å². The highest BCUT2D eigenvalue weighted by Crippen LogP contribution is 2.10. The quantitative estimate of drug-likeness (QED) is 0.859. The average Bonchev–Trinajstić information content (AvgIpc) is 2.28. The molecule has 18 heavy (non-hydrogen) atoms. The first-order valence-corrected chi connectivity index (χ1v) is 8.03. The van der Waals surface area contributed by atoms with Gasteiger partial charge in [0.1, 0.15) is 9.84 Å². The smallest absolute Gasteiger partial charge is 0.224 e. The molecule has 1 N–H and O–H groups in total. The lowest BCUT2D eigenvalue weighted by atomic mass is 10.1. The number of benzene rings is 1.